The van der Waals surface area contributed by atoms with Crippen molar-refractivity contribution in [2.45, 2.75) is 45.3 Å². The lowest BCUT2D eigenvalue weighted by Crippen LogP contribution is -2.51. The quantitative estimate of drug-likeness (QED) is 0.772. The number of aliphatic carboxylic acids is 1. The molecule has 1 N–H and O–H groups in total. The Bertz CT molecular complexity index is 222. The summed E-state index contributed by atoms with van der Waals surface area (Å²) in [6, 6.07) is 0. The minimum Gasteiger partial charge on any atom is -0.481 e. The summed E-state index contributed by atoms with van der Waals surface area (Å²) in [6.45, 7) is 9.01. The number of hydrogen-bond donors (Lipinski definition) is 1. The molecule has 0 aromatic rings. The van der Waals surface area contributed by atoms with E-state index in [0.29, 0.717) is 13.0 Å². The van der Waals surface area contributed by atoms with Crippen LogP contribution in [0.3, 0.4) is 0 Å². The Balaban J connectivity index is 2.39. The molecule has 0 aliphatic carbocycles. The molecule has 4 nitrogen and oxygen atoms in total. The van der Waals surface area contributed by atoms with Crippen molar-refractivity contribution in [2.75, 3.05) is 19.7 Å². The zero-order chi connectivity index (χ0) is 11.5. The van der Waals surface area contributed by atoms with Crippen molar-refractivity contribution in [3.63, 3.8) is 0 Å². The van der Waals surface area contributed by atoms with Crippen LogP contribution in [0, 0.1) is 0 Å². The molecule has 1 aliphatic heterocycles. The van der Waals surface area contributed by atoms with E-state index < -0.39 is 5.97 Å². The Morgan fingerprint density at radius 2 is 2.20 bits per heavy atom. The lowest BCUT2D eigenvalue weighted by molar-refractivity contribution is -0.138. The highest BCUT2D eigenvalue weighted by Crippen LogP contribution is 2.19. The second-order valence-electron chi connectivity index (χ2n) is 5.04. The van der Waals surface area contributed by atoms with Gasteiger partial charge in [0.15, 0.2) is 0 Å². The molecule has 0 spiro atoms. The molecule has 1 rings (SSSR count). The SMILES string of the molecule is CC(C)(C)N1CCOC(CCC(=O)O)C1. The Kier molecular flexibility index (Phi) is 4.11. The fourth-order valence-corrected chi connectivity index (χ4v) is 1.79. The topological polar surface area (TPSA) is 49.8 Å². The van der Waals surface area contributed by atoms with E-state index in [2.05, 4.69) is 25.7 Å². The first-order chi connectivity index (χ1) is 6.89. The van der Waals surface area contributed by atoms with Gasteiger partial charge in [0.05, 0.1) is 12.7 Å². The molecule has 1 heterocycles. The van der Waals surface area contributed by atoms with Crippen molar-refractivity contribution in [3.05, 3.63) is 0 Å². The van der Waals surface area contributed by atoms with Gasteiger partial charge in [-0.1, -0.05) is 0 Å². The number of morpholine rings is 1. The molecule has 0 amide bonds. The molecule has 1 aliphatic rings. The van der Waals surface area contributed by atoms with Crippen molar-refractivity contribution in [1.82, 2.24) is 4.90 Å². The van der Waals surface area contributed by atoms with E-state index in [4.69, 9.17) is 9.84 Å². The smallest absolute Gasteiger partial charge is 0.303 e. The first-order valence-electron chi connectivity index (χ1n) is 5.48. The van der Waals surface area contributed by atoms with E-state index >= 15 is 0 Å². The number of nitrogens with zero attached hydrogens (tertiary/aromatic N) is 1. The van der Waals surface area contributed by atoms with E-state index in [0.717, 1.165) is 13.1 Å². The molecule has 88 valence electrons. The van der Waals surface area contributed by atoms with E-state index in [1.54, 1.807) is 0 Å². The zero-order valence-electron chi connectivity index (χ0n) is 9.82. The standard InChI is InChI=1S/C11H21NO3/c1-11(2,3)12-6-7-15-9(8-12)4-5-10(13)14/h9H,4-8H2,1-3H3,(H,13,14). The van der Waals surface area contributed by atoms with Gasteiger partial charge in [-0.25, -0.2) is 0 Å². The van der Waals surface area contributed by atoms with E-state index in [1.807, 2.05) is 0 Å². The maximum atomic E-state index is 10.5. The van der Waals surface area contributed by atoms with Crippen LogP contribution in [0.5, 0.6) is 0 Å². The Morgan fingerprint density at radius 3 is 2.73 bits per heavy atom. The molecule has 1 atom stereocenters. The summed E-state index contributed by atoms with van der Waals surface area (Å²) in [5, 5.41) is 8.60. The maximum Gasteiger partial charge on any atom is 0.303 e. The summed E-state index contributed by atoms with van der Waals surface area (Å²) in [5.41, 5.74) is 0.144. The number of carboxylic acids is 1. The van der Waals surface area contributed by atoms with Gasteiger partial charge in [0.25, 0.3) is 0 Å². The van der Waals surface area contributed by atoms with Crippen LogP contribution in [0.2, 0.25) is 0 Å². The van der Waals surface area contributed by atoms with Gasteiger partial charge in [-0.2, -0.15) is 0 Å². The number of rotatable bonds is 3. The number of carbonyl (C=O) groups is 1. The highest BCUT2D eigenvalue weighted by atomic mass is 16.5. The number of carboxylic acid groups (broad SMARTS) is 1. The van der Waals surface area contributed by atoms with Gasteiger partial charge in [-0.3, -0.25) is 9.69 Å². The van der Waals surface area contributed by atoms with Gasteiger partial charge in [0.1, 0.15) is 0 Å². The normalized spacial score (nSPS) is 24.1. The Morgan fingerprint density at radius 1 is 1.53 bits per heavy atom. The van der Waals surface area contributed by atoms with Crippen molar-refractivity contribution < 1.29 is 14.6 Å². The average molecular weight is 215 g/mol. The summed E-state index contributed by atoms with van der Waals surface area (Å²) in [7, 11) is 0. The third-order valence-corrected chi connectivity index (χ3v) is 2.77. The molecule has 0 bridgehead atoms. The summed E-state index contributed by atoms with van der Waals surface area (Å²) in [5.74, 6) is -0.744. The van der Waals surface area contributed by atoms with Crippen LogP contribution in [-0.4, -0.2) is 47.3 Å². The van der Waals surface area contributed by atoms with Crippen molar-refractivity contribution >= 4 is 5.97 Å². The predicted molar refractivity (Wildman–Crippen MR) is 57.9 cm³/mol. The van der Waals surface area contributed by atoms with Crippen LogP contribution in [0.25, 0.3) is 0 Å². The molecule has 1 saturated heterocycles. The van der Waals surface area contributed by atoms with Crippen LogP contribution < -0.4 is 0 Å². The van der Waals surface area contributed by atoms with Gasteiger partial charge < -0.3 is 9.84 Å². The fraction of sp³-hybridized carbons (Fsp3) is 0.909. The lowest BCUT2D eigenvalue weighted by atomic mass is 10.0. The highest BCUT2D eigenvalue weighted by Gasteiger charge is 2.28. The predicted octanol–water partition coefficient (Wildman–Crippen LogP) is 1.35. The number of hydrogen-bond acceptors (Lipinski definition) is 3. The molecule has 4 heteroatoms. The first kappa shape index (κ1) is 12.5. The van der Waals surface area contributed by atoms with Crippen LogP contribution >= 0.6 is 0 Å². The molecule has 1 fully saturated rings. The van der Waals surface area contributed by atoms with Crippen molar-refractivity contribution in [3.8, 4) is 0 Å². The molecular formula is C11H21NO3. The molecule has 0 saturated carbocycles. The van der Waals surface area contributed by atoms with Gasteiger partial charge in [-0.05, 0) is 27.2 Å². The first-order valence-corrected chi connectivity index (χ1v) is 5.48. The highest BCUT2D eigenvalue weighted by molar-refractivity contribution is 5.66. The van der Waals surface area contributed by atoms with E-state index in [-0.39, 0.29) is 18.1 Å². The van der Waals surface area contributed by atoms with Gasteiger partial charge in [-0.15, -0.1) is 0 Å². The molecule has 1 unspecified atom stereocenters. The molecular weight excluding hydrogens is 194 g/mol. The van der Waals surface area contributed by atoms with Gasteiger partial charge >= 0.3 is 5.97 Å². The minimum atomic E-state index is -0.744. The Hall–Kier alpha value is -0.610. The zero-order valence-corrected chi connectivity index (χ0v) is 9.82. The molecule has 0 radical (unpaired) electrons. The molecule has 0 aromatic carbocycles. The second kappa shape index (κ2) is 4.94. The summed E-state index contributed by atoms with van der Waals surface area (Å²) >= 11 is 0. The fourth-order valence-electron chi connectivity index (χ4n) is 1.79. The second-order valence-corrected chi connectivity index (χ2v) is 5.04. The molecule has 0 aromatic heterocycles. The minimum absolute atomic E-state index is 0.0778. The van der Waals surface area contributed by atoms with Crippen LogP contribution in [0.1, 0.15) is 33.6 Å². The third-order valence-electron chi connectivity index (χ3n) is 2.77. The summed E-state index contributed by atoms with van der Waals surface area (Å²) < 4.78 is 5.55. The molecule has 15 heavy (non-hydrogen) atoms. The van der Waals surface area contributed by atoms with Crippen molar-refractivity contribution in [2.24, 2.45) is 0 Å². The van der Waals surface area contributed by atoms with Crippen molar-refractivity contribution in [1.29, 1.82) is 0 Å². The Labute approximate surface area is 91.2 Å². The van der Waals surface area contributed by atoms with Crippen LogP contribution in [0.4, 0.5) is 0 Å². The largest absolute Gasteiger partial charge is 0.481 e. The van der Waals surface area contributed by atoms with Gasteiger partial charge in [0, 0.05) is 25.0 Å². The van der Waals surface area contributed by atoms with Crippen LogP contribution in [-0.2, 0) is 9.53 Å². The summed E-state index contributed by atoms with van der Waals surface area (Å²) in [4.78, 5) is 12.8. The van der Waals surface area contributed by atoms with Crippen LogP contribution in [0.15, 0.2) is 0 Å². The average Bonchev–Trinajstić information content (AvgIpc) is 2.14. The number of ether oxygens (including phenoxy) is 1. The lowest BCUT2D eigenvalue weighted by Gasteiger charge is -2.41. The monoisotopic (exact) mass is 215 g/mol. The van der Waals surface area contributed by atoms with E-state index in [1.165, 1.54) is 0 Å². The van der Waals surface area contributed by atoms with E-state index in [9.17, 15) is 4.79 Å². The maximum absolute atomic E-state index is 10.5. The third kappa shape index (κ3) is 4.18. The van der Waals surface area contributed by atoms with Gasteiger partial charge in [0.2, 0.25) is 0 Å². The summed E-state index contributed by atoms with van der Waals surface area (Å²) in [6.07, 6.45) is 0.888.